The topological polar surface area (TPSA) is 59.8 Å². The summed E-state index contributed by atoms with van der Waals surface area (Å²) >= 11 is 6.09. The summed E-state index contributed by atoms with van der Waals surface area (Å²) in [5, 5.41) is 1.21. The second-order valence-electron chi connectivity index (χ2n) is 6.18. The van der Waals surface area contributed by atoms with Gasteiger partial charge in [-0.3, -0.25) is 4.79 Å². The zero-order valence-electron chi connectivity index (χ0n) is 13.8. The molecule has 2 heterocycles. The Bertz CT molecular complexity index is 783. The molecule has 1 saturated heterocycles. The van der Waals surface area contributed by atoms with Crippen molar-refractivity contribution in [2.45, 2.75) is 39.2 Å². The molecule has 3 rings (SSSR count). The molecule has 1 amide bonds. The predicted molar refractivity (Wildman–Crippen MR) is 91.3 cm³/mol. The number of carbonyl (C=O) groups excluding carboxylic acids is 2. The maximum absolute atomic E-state index is 12.3. The summed E-state index contributed by atoms with van der Waals surface area (Å²) in [7, 11) is 0. The molecule has 1 atom stereocenters. The SMILES string of the molecule is Cc1c(C(=O)OCC(=O)N2CCCCC2C)oc2c(Cl)cccc12. The average Bonchev–Trinajstić information content (AvgIpc) is 2.91. The number of para-hydroxylation sites is 1. The van der Waals surface area contributed by atoms with Gasteiger partial charge in [-0.05, 0) is 39.2 Å². The number of benzene rings is 1. The van der Waals surface area contributed by atoms with Crippen molar-refractivity contribution >= 4 is 34.4 Å². The fraction of sp³-hybridized carbons (Fsp3) is 0.444. The van der Waals surface area contributed by atoms with E-state index in [9.17, 15) is 9.59 Å². The van der Waals surface area contributed by atoms with Crippen LogP contribution in [0.25, 0.3) is 11.0 Å². The van der Waals surface area contributed by atoms with Gasteiger partial charge in [-0.1, -0.05) is 23.7 Å². The second-order valence-corrected chi connectivity index (χ2v) is 6.59. The second kappa shape index (κ2) is 6.85. The van der Waals surface area contributed by atoms with E-state index in [0.29, 0.717) is 16.2 Å². The third kappa shape index (κ3) is 3.13. The molecule has 0 spiro atoms. The number of hydrogen-bond acceptors (Lipinski definition) is 4. The third-order valence-corrected chi connectivity index (χ3v) is 4.85. The number of ether oxygens (including phenoxy) is 1. The van der Waals surface area contributed by atoms with Crippen molar-refractivity contribution in [3.05, 3.63) is 34.5 Å². The highest BCUT2D eigenvalue weighted by molar-refractivity contribution is 6.35. The summed E-state index contributed by atoms with van der Waals surface area (Å²) in [4.78, 5) is 26.3. The molecule has 6 heteroatoms. The van der Waals surface area contributed by atoms with Crippen molar-refractivity contribution in [2.24, 2.45) is 0 Å². The Morgan fingerprint density at radius 1 is 1.38 bits per heavy atom. The Morgan fingerprint density at radius 2 is 2.17 bits per heavy atom. The van der Waals surface area contributed by atoms with Crippen molar-refractivity contribution in [3.8, 4) is 0 Å². The van der Waals surface area contributed by atoms with E-state index in [4.69, 9.17) is 20.8 Å². The van der Waals surface area contributed by atoms with Crippen molar-refractivity contribution < 1.29 is 18.7 Å². The van der Waals surface area contributed by atoms with Crippen molar-refractivity contribution in [1.29, 1.82) is 0 Å². The van der Waals surface area contributed by atoms with Gasteiger partial charge in [0.15, 0.2) is 12.2 Å². The van der Waals surface area contributed by atoms with E-state index in [0.717, 1.165) is 31.2 Å². The van der Waals surface area contributed by atoms with Crippen LogP contribution < -0.4 is 0 Å². The molecule has 0 bridgehead atoms. The Hall–Kier alpha value is -2.01. The Balaban J connectivity index is 1.70. The summed E-state index contributed by atoms with van der Waals surface area (Å²) in [5.41, 5.74) is 1.12. The van der Waals surface area contributed by atoms with Gasteiger partial charge in [0.25, 0.3) is 5.91 Å². The van der Waals surface area contributed by atoms with Crippen LogP contribution in [-0.4, -0.2) is 36.0 Å². The minimum Gasteiger partial charge on any atom is -0.450 e. The van der Waals surface area contributed by atoms with E-state index in [2.05, 4.69) is 0 Å². The lowest BCUT2D eigenvalue weighted by Gasteiger charge is -2.33. The molecule has 0 aliphatic carbocycles. The number of hydrogen-bond donors (Lipinski definition) is 0. The van der Waals surface area contributed by atoms with Gasteiger partial charge < -0.3 is 14.1 Å². The number of aryl methyl sites for hydroxylation is 1. The first-order valence-corrected chi connectivity index (χ1v) is 8.51. The standard InChI is InChI=1S/C18H20ClNO4/c1-11-6-3-4-9-20(11)15(21)10-23-18(22)16-12(2)13-7-5-8-14(19)17(13)24-16/h5,7-8,11H,3-4,6,9-10H2,1-2H3. The van der Waals surface area contributed by atoms with E-state index in [1.807, 2.05) is 13.0 Å². The van der Waals surface area contributed by atoms with E-state index in [-0.39, 0.29) is 24.3 Å². The smallest absolute Gasteiger partial charge is 0.375 e. The van der Waals surface area contributed by atoms with Gasteiger partial charge >= 0.3 is 5.97 Å². The molecule has 1 fully saturated rings. The molecule has 128 valence electrons. The molecule has 0 N–H and O–H groups in total. The van der Waals surface area contributed by atoms with Crippen LogP contribution in [0, 0.1) is 6.92 Å². The maximum Gasteiger partial charge on any atom is 0.375 e. The molecule has 1 unspecified atom stereocenters. The van der Waals surface area contributed by atoms with Crippen LogP contribution in [-0.2, 0) is 9.53 Å². The molecule has 1 aromatic heterocycles. The zero-order chi connectivity index (χ0) is 17.3. The average molecular weight is 350 g/mol. The highest BCUT2D eigenvalue weighted by Crippen LogP contribution is 2.31. The quantitative estimate of drug-likeness (QED) is 0.787. The van der Waals surface area contributed by atoms with Crippen LogP contribution in [0.15, 0.2) is 22.6 Å². The van der Waals surface area contributed by atoms with Crippen molar-refractivity contribution in [3.63, 3.8) is 0 Å². The molecule has 0 saturated carbocycles. The predicted octanol–water partition coefficient (Wildman–Crippen LogP) is 3.95. The molecule has 5 nitrogen and oxygen atoms in total. The van der Waals surface area contributed by atoms with Crippen LogP contribution >= 0.6 is 11.6 Å². The highest BCUT2D eigenvalue weighted by atomic mass is 35.5. The Kier molecular flexibility index (Phi) is 4.81. The lowest BCUT2D eigenvalue weighted by Crippen LogP contribution is -2.44. The molecule has 1 aliphatic heterocycles. The summed E-state index contributed by atoms with van der Waals surface area (Å²) in [6.07, 6.45) is 3.11. The number of piperidine rings is 1. The van der Waals surface area contributed by atoms with Crippen LogP contribution in [0.4, 0.5) is 0 Å². The lowest BCUT2D eigenvalue weighted by atomic mass is 10.0. The fourth-order valence-electron chi connectivity index (χ4n) is 3.15. The summed E-state index contributed by atoms with van der Waals surface area (Å²) < 4.78 is 10.7. The number of fused-ring (bicyclic) bond motifs is 1. The number of carbonyl (C=O) groups is 2. The van der Waals surface area contributed by atoms with Crippen molar-refractivity contribution in [2.75, 3.05) is 13.2 Å². The number of rotatable bonds is 3. The van der Waals surface area contributed by atoms with Crippen LogP contribution in [0.1, 0.15) is 42.3 Å². The Labute approximate surface area is 145 Å². The van der Waals surface area contributed by atoms with E-state index in [1.165, 1.54) is 0 Å². The molecule has 2 aromatic rings. The molecular weight excluding hydrogens is 330 g/mol. The Morgan fingerprint density at radius 3 is 2.88 bits per heavy atom. The first-order valence-electron chi connectivity index (χ1n) is 8.13. The largest absolute Gasteiger partial charge is 0.450 e. The number of nitrogens with zero attached hydrogens (tertiary/aromatic N) is 1. The van der Waals surface area contributed by atoms with Gasteiger partial charge in [-0.15, -0.1) is 0 Å². The molecule has 1 aromatic carbocycles. The summed E-state index contributed by atoms with van der Waals surface area (Å²) in [6.45, 7) is 4.24. The molecular formula is C18H20ClNO4. The molecule has 24 heavy (non-hydrogen) atoms. The number of amides is 1. The number of likely N-dealkylation sites (tertiary alicyclic amines) is 1. The van der Waals surface area contributed by atoms with Crippen LogP contribution in [0.5, 0.6) is 0 Å². The van der Waals surface area contributed by atoms with Crippen LogP contribution in [0.3, 0.4) is 0 Å². The summed E-state index contributed by atoms with van der Waals surface area (Å²) in [5.74, 6) is -0.710. The zero-order valence-corrected chi connectivity index (χ0v) is 14.6. The number of halogens is 1. The first-order chi connectivity index (χ1) is 11.5. The fourth-order valence-corrected chi connectivity index (χ4v) is 3.36. The van der Waals surface area contributed by atoms with Crippen LogP contribution in [0.2, 0.25) is 5.02 Å². The maximum atomic E-state index is 12.3. The minimum absolute atomic E-state index is 0.0950. The van der Waals surface area contributed by atoms with Gasteiger partial charge in [0.1, 0.15) is 0 Å². The van der Waals surface area contributed by atoms with Gasteiger partial charge in [-0.2, -0.15) is 0 Å². The van der Waals surface area contributed by atoms with Crippen molar-refractivity contribution in [1.82, 2.24) is 4.90 Å². The lowest BCUT2D eigenvalue weighted by molar-refractivity contribution is -0.137. The normalized spacial score (nSPS) is 18.0. The summed E-state index contributed by atoms with van der Waals surface area (Å²) in [6, 6.07) is 5.51. The number of esters is 1. The molecule has 0 radical (unpaired) electrons. The molecule has 1 aliphatic rings. The third-order valence-electron chi connectivity index (χ3n) is 4.55. The van der Waals surface area contributed by atoms with E-state index >= 15 is 0 Å². The number of furan rings is 1. The van der Waals surface area contributed by atoms with Gasteiger partial charge in [0.05, 0.1) is 5.02 Å². The first kappa shape index (κ1) is 16.8. The van der Waals surface area contributed by atoms with Gasteiger partial charge in [0.2, 0.25) is 5.76 Å². The van der Waals surface area contributed by atoms with E-state index < -0.39 is 5.97 Å². The van der Waals surface area contributed by atoms with Gasteiger partial charge in [-0.25, -0.2) is 4.79 Å². The van der Waals surface area contributed by atoms with Gasteiger partial charge in [0, 0.05) is 23.5 Å². The van der Waals surface area contributed by atoms with E-state index in [1.54, 1.807) is 24.0 Å². The monoisotopic (exact) mass is 349 g/mol. The highest BCUT2D eigenvalue weighted by Gasteiger charge is 2.26. The minimum atomic E-state index is -0.641.